The first-order chi connectivity index (χ1) is 10.1. The predicted molar refractivity (Wildman–Crippen MR) is 73.7 cm³/mol. The van der Waals surface area contributed by atoms with Gasteiger partial charge in [0.15, 0.2) is 0 Å². The number of aromatic carboxylic acids is 1. The van der Waals surface area contributed by atoms with Crippen molar-refractivity contribution in [2.75, 3.05) is 6.54 Å². The Balaban J connectivity index is 1.69. The number of nitrogens with zero attached hydrogens (tertiary/aromatic N) is 2. The molecule has 2 aromatic rings. The fourth-order valence-corrected chi connectivity index (χ4v) is 1.63. The van der Waals surface area contributed by atoms with E-state index in [1.165, 1.54) is 12.3 Å². The van der Waals surface area contributed by atoms with Crippen molar-refractivity contribution in [3.63, 3.8) is 0 Å². The van der Waals surface area contributed by atoms with E-state index in [4.69, 9.17) is 5.11 Å². The normalized spacial score (nSPS) is 10.1. The van der Waals surface area contributed by atoms with E-state index >= 15 is 0 Å². The fraction of sp³-hybridized carbons (Fsp3) is 0.231. The fourth-order valence-electron chi connectivity index (χ4n) is 1.63. The zero-order valence-corrected chi connectivity index (χ0v) is 11.2. The Hall–Kier alpha value is -2.90. The van der Waals surface area contributed by atoms with E-state index in [1.807, 2.05) is 0 Å². The molecule has 0 saturated heterocycles. The number of hydrogen-bond donors (Lipinski definition) is 4. The minimum atomic E-state index is -1.08. The van der Waals surface area contributed by atoms with E-state index in [-0.39, 0.29) is 18.3 Å². The number of urea groups is 1. The number of rotatable bonds is 6. The summed E-state index contributed by atoms with van der Waals surface area (Å²) in [5, 5.41) is 14.1. The summed E-state index contributed by atoms with van der Waals surface area (Å²) in [7, 11) is 0. The van der Waals surface area contributed by atoms with Crippen LogP contribution in [0.4, 0.5) is 4.79 Å². The molecule has 0 bridgehead atoms. The minimum Gasteiger partial charge on any atom is -0.477 e. The van der Waals surface area contributed by atoms with Gasteiger partial charge >= 0.3 is 12.0 Å². The van der Waals surface area contributed by atoms with E-state index in [0.717, 1.165) is 11.4 Å². The molecule has 8 nitrogen and oxygen atoms in total. The van der Waals surface area contributed by atoms with Gasteiger partial charge in [-0.2, -0.15) is 0 Å². The maximum atomic E-state index is 11.6. The molecule has 0 aliphatic heterocycles. The lowest BCUT2D eigenvalue weighted by atomic mass is 10.2. The summed E-state index contributed by atoms with van der Waals surface area (Å²) in [6.45, 7) is 0.745. The number of imidazole rings is 1. The van der Waals surface area contributed by atoms with E-state index in [2.05, 4.69) is 25.6 Å². The van der Waals surface area contributed by atoms with Gasteiger partial charge < -0.3 is 20.7 Å². The molecule has 2 aromatic heterocycles. The van der Waals surface area contributed by atoms with Crippen LogP contribution in [0, 0.1) is 0 Å². The lowest BCUT2D eigenvalue weighted by molar-refractivity contribution is 0.0690. The van der Waals surface area contributed by atoms with Crippen molar-refractivity contribution in [2.24, 2.45) is 0 Å². The maximum absolute atomic E-state index is 11.6. The van der Waals surface area contributed by atoms with E-state index in [0.29, 0.717) is 13.0 Å². The van der Waals surface area contributed by atoms with Crippen molar-refractivity contribution >= 4 is 12.0 Å². The third-order valence-electron chi connectivity index (χ3n) is 2.70. The summed E-state index contributed by atoms with van der Waals surface area (Å²) in [4.78, 5) is 33.0. The second-order valence-corrected chi connectivity index (χ2v) is 4.25. The summed E-state index contributed by atoms with van der Waals surface area (Å²) < 4.78 is 0. The number of nitrogens with one attached hydrogen (secondary N) is 3. The molecule has 0 spiro atoms. The van der Waals surface area contributed by atoms with Crippen molar-refractivity contribution in [3.05, 3.63) is 47.8 Å². The van der Waals surface area contributed by atoms with Gasteiger partial charge in [0.1, 0.15) is 11.5 Å². The number of aromatic amines is 1. The maximum Gasteiger partial charge on any atom is 0.354 e. The van der Waals surface area contributed by atoms with Gasteiger partial charge in [0.2, 0.25) is 0 Å². The van der Waals surface area contributed by atoms with Gasteiger partial charge in [-0.15, -0.1) is 0 Å². The number of H-pyrrole nitrogens is 1. The molecule has 2 amide bonds. The SMILES string of the molecule is O=C(NCCc1ncc[nH]1)NCc1ccc(C(=O)O)nc1. The van der Waals surface area contributed by atoms with Gasteiger partial charge in [0.25, 0.3) is 0 Å². The second-order valence-electron chi connectivity index (χ2n) is 4.25. The first kappa shape index (κ1) is 14.5. The molecule has 2 heterocycles. The molecular weight excluding hydrogens is 274 g/mol. The number of carboxylic acid groups (broad SMARTS) is 1. The molecule has 8 heteroatoms. The number of carbonyl (C=O) groups excluding carboxylic acids is 1. The molecule has 0 aromatic carbocycles. The van der Waals surface area contributed by atoms with Gasteiger partial charge in [0, 0.05) is 38.1 Å². The number of carbonyl (C=O) groups is 2. The Bertz CT molecular complexity index is 595. The van der Waals surface area contributed by atoms with Gasteiger partial charge in [0.05, 0.1) is 0 Å². The summed E-state index contributed by atoms with van der Waals surface area (Å²) >= 11 is 0. The Labute approximate surface area is 120 Å². The van der Waals surface area contributed by atoms with Crippen molar-refractivity contribution in [1.29, 1.82) is 0 Å². The van der Waals surface area contributed by atoms with Crippen LogP contribution in [0.3, 0.4) is 0 Å². The average Bonchev–Trinajstić information content (AvgIpc) is 2.99. The summed E-state index contributed by atoms with van der Waals surface area (Å²) in [5.41, 5.74) is 0.697. The zero-order chi connectivity index (χ0) is 15.1. The van der Waals surface area contributed by atoms with Crippen LogP contribution in [0.1, 0.15) is 21.9 Å². The number of aromatic nitrogens is 3. The molecule has 0 fully saturated rings. The standard InChI is InChI=1S/C13H15N5O3/c19-12(20)10-2-1-9(7-17-10)8-18-13(21)16-4-3-11-14-5-6-15-11/h1-2,5-7H,3-4,8H2,(H,14,15)(H,19,20)(H2,16,18,21). The van der Waals surface area contributed by atoms with Crippen LogP contribution in [0.2, 0.25) is 0 Å². The first-order valence-corrected chi connectivity index (χ1v) is 6.33. The quantitative estimate of drug-likeness (QED) is 0.619. The van der Waals surface area contributed by atoms with E-state index < -0.39 is 5.97 Å². The van der Waals surface area contributed by atoms with E-state index in [1.54, 1.807) is 18.5 Å². The molecule has 0 radical (unpaired) electrons. The van der Waals surface area contributed by atoms with E-state index in [9.17, 15) is 9.59 Å². The van der Waals surface area contributed by atoms with Crippen molar-refractivity contribution in [1.82, 2.24) is 25.6 Å². The van der Waals surface area contributed by atoms with Crippen LogP contribution in [-0.4, -0.2) is 38.6 Å². The van der Waals surface area contributed by atoms with Crippen molar-refractivity contribution < 1.29 is 14.7 Å². The molecule has 0 atom stereocenters. The van der Waals surface area contributed by atoms with Gasteiger partial charge in [-0.25, -0.2) is 19.6 Å². The molecular formula is C13H15N5O3. The number of pyridine rings is 1. The highest BCUT2D eigenvalue weighted by molar-refractivity contribution is 5.85. The first-order valence-electron chi connectivity index (χ1n) is 6.33. The van der Waals surface area contributed by atoms with Crippen LogP contribution in [0.25, 0.3) is 0 Å². The van der Waals surface area contributed by atoms with Crippen molar-refractivity contribution in [2.45, 2.75) is 13.0 Å². The summed E-state index contributed by atoms with van der Waals surface area (Å²) in [6.07, 6.45) is 5.42. The highest BCUT2D eigenvalue weighted by atomic mass is 16.4. The van der Waals surface area contributed by atoms with Crippen molar-refractivity contribution in [3.8, 4) is 0 Å². The Morgan fingerprint density at radius 1 is 1.24 bits per heavy atom. The highest BCUT2D eigenvalue weighted by Gasteiger charge is 2.05. The molecule has 2 rings (SSSR count). The monoisotopic (exact) mass is 289 g/mol. The van der Waals surface area contributed by atoms with Crippen LogP contribution >= 0.6 is 0 Å². The third kappa shape index (κ3) is 4.60. The molecule has 21 heavy (non-hydrogen) atoms. The predicted octanol–water partition coefficient (Wildman–Crippen LogP) is 0.545. The smallest absolute Gasteiger partial charge is 0.354 e. The highest BCUT2D eigenvalue weighted by Crippen LogP contribution is 2.00. The molecule has 0 aliphatic carbocycles. The van der Waals surface area contributed by atoms with Crippen LogP contribution in [0.15, 0.2) is 30.7 Å². The Morgan fingerprint density at radius 2 is 2.10 bits per heavy atom. The van der Waals surface area contributed by atoms with Gasteiger partial charge in [-0.3, -0.25) is 0 Å². The largest absolute Gasteiger partial charge is 0.477 e. The number of hydrogen-bond acceptors (Lipinski definition) is 4. The van der Waals surface area contributed by atoms with Crippen LogP contribution < -0.4 is 10.6 Å². The number of amides is 2. The molecule has 110 valence electrons. The Morgan fingerprint density at radius 3 is 2.71 bits per heavy atom. The Kier molecular flexibility index (Phi) is 4.86. The van der Waals surface area contributed by atoms with Gasteiger partial charge in [-0.05, 0) is 11.6 Å². The van der Waals surface area contributed by atoms with Crippen LogP contribution in [0.5, 0.6) is 0 Å². The lowest BCUT2D eigenvalue weighted by Crippen LogP contribution is -2.36. The molecule has 0 saturated carbocycles. The third-order valence-corrected chi connectivity index (χ3v) is 2.70. The minimum absolute atomic E-state index is 0.0263. The second kappa shape index (κ2) is 7.04. The van der Waals surface area contributed by atoms with Gasteiger partial charge in [-0.1, -0.05) is 6.07 Å². The molecule has 0 aliphatic rings. The summed E-state index contributed by atoms with van der Waals surface area (Å²) in [6, 6.07) is 2.71. The topological polar surface area (TPSA) is 120 Å². The average molecular weight is 289 g/mol. The molecule has 4 N–H and O–H groups in total. The summed E-state index contributed by atoms with van der Waals surface area (Å²) in [5.74, 6) is -0.270. The van der Waals surface area contributed by atoms with Crippen LogP contribution in [-0.2, 0) is 13.0 Å². The molecule has 0 unspecified atom stereocenters. The lowest BCUT2D eigenvalue weighted by Gasteiger charge is -2.07. The number of carboxylic acids is 1. The zero-order valence-electron chi connectivity index (χ0n) is 11.2.